The normalized spacial score (nSPS) is 24.8. The quantitative estimate of drug-likeness (QED) is 0.648. The molecule has 2 aliphatic rings. The number of carboxylic acid groups (broad SMARTS) is 1. The zero-order chi connectivity index (χ0) is 19.7. The minimum atomic E-state index is -1.11. The highest BCUT2D eigenvalue weighted by molar-refractivity contribution is 6.13. The number of benzene rings is 2. The Morgan fingerprint density at radius 2 is 1.85 bits per heavy atom. The number of carbonyl (C=O) groups is 2. The lowest BCUT2D eigenvalue weighted by Gasteiger charge is -2.51. The Labute approximate surface area is 155 Å². The summed E-state index contributed by atoms with van der Waals surface area (Å²) < 4.78 is 0. The van der Waals surface area contributed by atoms with Crippen LogP contribution in [-0.4, -0.2) is 27.4 Å². The molecule has 27 heavy (non-hydrogen) atoms. The molecule has 7 nitrogen and oxygen atoms in total. The summed E-state index contributed by atoms with van der Waals surface area (Å²) in [6.07, 6.45) is 0. The van der Waals surface area contributed by atoms with Crippen molar-refractivity contribution in [2.24, 2.45) is 0 Å². The first-order chi connectivity index (χ1) is 12.6. The van der Waals surface area contributed by atoms with E-state index in [0.717, 1.165) is 0 Å². The molecule has 2 heterocycles. The molecule has 0 saturated carbocycles. The molecule has 0 saturated heterocycles. The van der Waals surface area contributed by atoms with Crippen molar-refractivity contribution < 1.29 is 19.6 Å². The van der Waals surface area contributed by atoms with Gasteiger partial charge in [0.25, 0.3) is 11.6 Å². The molecule has 0 aromatic heterocycles. The molecule has 1 N–H and O–H groups in total. The van der Waals surface area contributed by atoms with Crippen LogP contribution in [0.5, 0.6) is 0 Å². The van der Waals surface area contributed by atoms with E-state index in [1.807, 2.05) is 13.8 Å². The van der Waals surface area contributed by atoms with Crippen molar-refractivity contribution in [3.63, 3.8) is 0 Å². The number of nitro benzene ring substituents is 1. The molecule has 0 aliphatic carbocycles. The van der Waals surface area contributed by atoms with Crippen molar-refractivity contribution in [1.29, 1.82) is 0 Å². The first-order valence-electron chi connectivity index (χ1n) is 8.57. The molecule has 2 aliphatic heterocycles. The van der Waals surface area contributed by atoms with Crippen LogP contribution in [0.15, 0.2) is 42.5 Å². The summed E-state index contributed by atoms with van der Waals surface area (Å²) in [4.78, 5) is 38.0. The van der Waals surface area contributed by atoms with Crippen molar-refractivity contribution in [3.05, 3.63) is 69.3 Å². The van der Waals surface area contributed by atoms with Crippen LogP contribution >= 0.6 is 0 Å². The number of amides is 1. The summed E-state index contributed by atoms with van der Waals surface area (Å²) in [5.74, 6) is -2.28. The Balaban J connectivity index is 2.07. The van der Waals surface area contributed by atoms with E-state index in [2.05, 4.69) is 0 Å². The number of nitrogens with zero attached hydrogens (tertiary/aromatic N) is 2. The van der Waals surface area contributed by atoms with Gasteiger partial charge in [0.15, 0.2) is 0 Å². The summed E-state index contributed by atoms with van der Waals surface area (Å²) in [6.45, 7) is 5.44. The fourth-order valence-electron chi connectivity index (χ4n) is 4.69. The number of hydrogen-bond donors (Lipinski definition) is 1. The van der Waals surface area contributed by atoms with Crippen LogP contribution in [0.4, 0.5) is 11.4 Å². The van der Waals surface area contributed by atoms with Crippen LogP contribution in [0.3, 0.4) is 0 Å². The number of hydrogen-bond acceptors (Lipinski definition) is 4. The molecule has 2 unspecified atom stereocenters. The largest absolute Gasteiger partial charge is 0.481 e. The van der Waals surface area contributed by atoms with Gasteiger partial charge in [0.05, 0.1) is 10.5 Å². The molecule has 1 amide bonds. The van der Waals surface area contributed by atoms with Crippen molar-refractivity contribution in [2.45, 2.75) is 37.6 Å². The molecule has 138 valence electrons. The molecule has 2 aromatic carbocycles. The minimum Gasteiger partial charge on any atom is -0.481 e. The maximum Gasteiger partial charge on any atom is 0.313 e. The van der Waals surface area contributed by atoms with E-state index >= 15 is 0 Å². The molecule has 2 aromatic rings. The van der Waals surface area contributed by atoms with Crippen molar-refractivity contribution in [3.8, 4) is 0 Å². The number of anilines is 1. The summed E-state index contributed by atoms with van der Waals surface area (Å²) in [5.41, 5.74) is -0.0522. The second kappa shape index (κ2) is 5.16. The van der Waals surface area contributed by atoms with Gasteiger partial charge in [-0.25, -0.2) is 0 Å². The van der Waals surface area contributed by atoms with Crippen LogP contribution in [0.25, 0.3) is 0 Å². The predicted molar refractivity (Wildman–Crippen MR) is 98.2 cm³/mol. The lowest BCUT2D eigenvalue weighted by Crippen LogP contribution is -2.63. The third kappa shape index (κ3) is 1.91. The van der Waals surface area contributed by atoms with Gasteiger partial charge in [-0.05, 0) is 30.2 Å². The average molecular weight is 366 g/mol. The molecule has 2 atom stereocenters. The second-order valence-corrected chi connectivity index (χ2v) is 7.73. The summed E-state index contributed by atoms with van der Waals surface area (Å²) in [7, 11) is 0. The Hall–Kier alpha value is -3.22. The SMILES string of the molecule is CC1(C)c2cc([N+](=O)[O-])ccc2N2C(=O)c3ccccc3C(C(=O)O)C21C. The first kappa shape index (κ1) is 17.2. The van der Waals surface area contributed by atoms with Crippen LogP contribution in [0.1, 0.15) is 48.2 Å². The third-order valence-electron chi connectivity index (χ3n) is 6.35. The number of aliphatic carboxylic acids is 1. The molecule has 4 rings (SSSR count). The van der Waals surface area contributed by atoms with Gasteiger partial charge in [0.2, 0.25) is 0 Å². The molecular formula is C20H18N2O5. The highest BCUT2D eigenvalue weighted by Gasteiger charge is 2.65. The van der Waals surface area contributed by atoms with Crippen molar-refractivity contribution in [2.75, 3.05) is 4.90 Å². The Kier molecular flexibility index (Phi) is 3.29. The highest BCUT2D eigenvalue weighted by atomic mass is 16.6. The van der Waals surface area contributed by atoms with Gasteiger partial charge < -0.3 is 10.0 Å². The van der Waals surface area contributed by atoms with E-state index in [-0.39, 0.29) is 11.6 Å². The number of carboxylic acids is 1. The molecule has 7 heteroatoms. The van der Waals surface area contributed by atoms with Crippen molar-refractivity contribution >= 4 is 23.3 Å². The minimum absolute atomic E-state index is 0.0814. The zero-order valence-corrected chi connectivity index (χ0v) is 15.1. The monoisotopic (exact) mass is 366 g/mol. The second-order valence-electron chi connectivity index (χ2n) is 7.73. The van der Waals surface area contributed by atoms with E-state index in [1.165, 1.54) is 17.0 Å². The van der Waals surface area contributed by atoms with Gasteiger partial charge in [0.1, 0.15) is 5.92 Å². The zero-order valence-electron chi connectivity index (χ0n) is 15.1. The van der Waals surface area contributed by atoms with Gasteiger partial charge in [-0.15, -0.1) is 0 Å². The lowest BCUT2D eigenvalue weighted by molar-refractivity contribution is -0.384. The first-order valence-corrected chi connectivity index (χ1v) is 8.57. The smallest absolute Gasteiger partial charge is 0.313 e. The van der Waals surface area contributed by atoms with E-state index in [4.69, 9.17) is 0 Å². The fraction of sp³-hybridized carbons (Fsp3) is 0.300. The van der Waals surface area contributed by atoms with Gasteiger partial charge >= 0.3 is 5.97 Å². The van der Waals surface area contributed by atoms with Crippen LogP contribution in [0, 0.1) is 10.1 Å². The van der Waals surface area contributed by atoms with Gasteiger partial charge in [0, 0.05) is 28.8 Å². The van der Waals surface area contributed by atoms with Crippen molar-refractivity contribution in [1.82, 2.24) is 0 Å². The Morgan fingerprint density at radius 1 is 1.19 bits per heavy atom. The number of non-ortho nitro benzene ring substituents is 1. The predicted octanol–water partition coefficient (Wildman–Crippen LogP) is 3.47. The number of rotatable bonds is 2. The molecular weight excluding hydrogens is 348 g/mol. The van der Waals surface area contributed by atoms with E-state index < -0.39 is 27.8 Å². The van der Waals surface area contributed by atoms with E-state index in [0.29, 0.717) is 22.4 Å². The van der Waals surface area contributed by atoms with E-state index in [1.54, 1.807) is 37.3 Å². The van der Waals surface area contributed by atoms with Gasteiger partial charge in [-0.3, -0.25) is 19.7 Å². The topological polar surface area (TPSA) is 101 Å². The Morgan fingerprint density at radius 3 is 2.48 bits per heavy atom. The molecule has 0 radical (unpaired) electrons. The van der Waals surface area contributed by atoms with Crippen LogP contribution in [-0.2, 0) is 10.2 Å². The van der Waals surface area contributed by atoms with E-state index in [9.17, 15) is 24.8 Å². The van der Waals surface area contributed by atoms with Gasteiger partial charge in [-0.2, -0.15) is 0 Å². The Bertz CT molecular complexity index is 1030. The lowest BCUT2D eigenvalue weighted by atomic mass is 9.61. The number of nitro groups is 1. The molecule has 0 bridgehead atoms. The third-order valence-corrected chi connectivity index (χ3v) is 6.35. The summed E-state index contributed by atoms with van der Waals surface area (Å²) in [6, 6.07) is 11.1. The fourth-order valence-corrected chi connectivity index (χ4v) is 4.69. The van der Waals surface area contributed by atoms with Crippen LogP contribution in [0.2, 0.25) is 0 Å². The van der Waals surface area contributed by atoms with Crippen LogP contribution < -0.4 is 4.90 Å². The summed E-state index contributed by atoms with van der Waals surface area (Å²) >= 11 is 0. The summed E-state index contributed by atoms with van der Waals surface area (Å²) in [5, 5.41) is 21.3. The molecule has 0 spiro atoms. The maximum atomic E-state index is 13.3. The number of fused-ring (bicyclic) bond motifs is 4. The standard InChI is InChI=1S/C20H18N2O5/c1-19(2)14-10-11(22(26)27)8-9-15(14)21-17(23)13-7-5-4-6-12(13)16(18(24)25)20(19,21)3/h4-10,16H,1-3H3,(H,24,25). The highest BCUT2D eigenvalue weighted by Crippen LogP contribution is 2.60. The number of carbonyl (C=O) groups excluding carboxylic acids is 1. The maximum absolute atomic E-state index is 13.3. The van der Waals surface area contributed by atoms with Gasteiger partial charge in [-0.1, -0.05) is 32.0 Å². The molecule has 0 fully saturated rings. The average Bonchev–Trinajstić information content (AvgIpc) is 2.78.